The number of fused-ring (bicyclic) bond motifs is 3. The van der Waals surface area contributed by atoms with Gasteiger partial charge >= 0.3 is 0 Å². The van der Waals surface area contributed by atoms with E-state index in [4.69, 9.17) is 0 Å². The van der Waals surface area contributed by atoms with Crippen LogP contribution in [0.3, 0.4) is 0 Å². The summed E-state index contributed by atoms with van der Waals surface area (Å²) in [6.45, 7) is 0. The number of hydrogen-bond donors (Lipinski definition) is 0. The van der Waals surface area contributed by atoms with Crippen LogP contribution in [0.25, 0.3) is 16.5 Å². The molecule has 2 aliphatic rings. The lowest BCUT2D eigenvalue weighted by molar-refractivity contribution is 0.264. The van der Waals surface area contributed by atoms with Crippen molar-refractivity contribution in [2.75, 3.05) is 7.05 Å². The van der Waals surface area contributed by atoms with Gasteiger partial charge in [-0.3, -0.25) is 9.88 Å². The minimum atomic E-state index is -0.820. The first-order valence-corrected chi connectivity index (χ1v) is 7.30. The average molecular weight is 286 g/mol. The summed E-state index contributed by atoms with van der Waals surface area (Å²) in [5.74, 6) is -1.63. The molecule has 1 fully saturated rings. The summed E-state index contributed by atoms with van der Waals surface area (Å²) in [6, 6.07) is 5.40. The zero-order chi connectivity index (χ0) is 14.6. The molecule has 0 saturated carbocycles. The monoisotopic (exact) mass is 286 g/mol. The van der Waals surface area contributed by atoms with Crippen LogP contribution in [0.1, 0.15) is 24.8 Å². The summed E-state index contributed by atoms with van der Waals surface area (Å²) < 4.78 is 27.3. The molecule has 0 N–H and O–H groups in total. The van der Waals surface area contributed by atoms with Crippen molar-refractivity contribution >= 4 is 16.5 Å². The maximum absolute atomic E-state index is 13.9. The Bertz CT molecular complexity index is 754. The highest BCUT2D eigenvalue weighted by molar-refractivity contribution is 5.83. The Hall–Kier alpha value is -1.81. The van der Waals surface area contributed by atoms with Crippen LogP contribution >= 0.6 is 0 Å². The summed E-state index contributed by atoms with van der Waals surface area (Å²) >= 11 is 0. The van der Waals surface area contributed by atoms with Gasteiger partial charge in [-0.25, -0.2) is 8.78 Å². The van der Waals surface area contributed by atoms with E-state index in [1.54, 1.807) is 12.3 Å². The highest BCUT2D eigenvalue weighted by atomic mass is 19.2. The molecule has 21 heavy (non-hydrogen) atoms. The van der Waals surface area contributed by atoms with Crippen LogP contribution in [0.5, 0.6) is 0 Å². The first-order valence-electron chi connectivity index (χ1n) is 7.30. The lowest BCUT2D eigenvalue weighted by atomic mass is 9.95. The van der Waals surface area contributed by atoms with Crippen LogP contribution in [-0.4, -0.2) is 29.0 Å². The molecule has 0 aliphatic carbocycles. The molecule has 2 aromatic rings. The zero-order valence-electron chi connectivity index (χ0n) is 11.8. The number of likely N-dealkylation sites (N-methyl/N-ethyl adjacent to an activating group) is 1. The van der Waals surface area contributed by atoms with E-state index in [1.807, 2.05) is 0 Å². The zero-order valence-corrected chi connectivity index (χ0v) is 11.8. The van der Waals surface area contributed by atoms with Crippen LogP contribution in [0.4, 0.5) is 8.78 Å². The van der Waals surface area contributed by atoms with Crippen molar-refractivity contribution < 1.29 is 8.78 Å². The van der Waals surface area contributed by atoms with E-state index in [9.17, 15) is 8.78 Å². The standard InChI is InChI=1S/C17H16F2N2/c1-21-12-2-3-13(21)7-10(6-12)11-8-14-16(20-9-11)5-4-15(18)17(14)19/h4-6,8-9,12-13H,2-3,7H2,1H3. The second-order valence-corrected chi connectivity index (χ2v) is 6.01. The van der Waals surface area contributed by atoms with Crippen LogP contribution in [0, 0.1) is 11.6 Å². The molecule has 0 spiro atoms. The number of hydrogen-bond acceptors (Lipinski definition) is 2. The smallest absolute Gasteiger partial charge is 0.168 e. The molecule has 2 unspecified atom stereocenters. The second-order valence-electron chi connectivity index (χ2n) is 6.01. The molecule has 4 rings (SSSR count). The quantitative estimate of drug-likeness (QED) is 0.793. The topological polar surface area (TPSA) is 16.1 Å². The largest absolute Gasteiger partial charge is 0.297 e. The summed E-state index contributed by atoms with van der Waals surface area (Å²) in [5, 5.41) is 0.264. The molecule has 108 valence electrons. The van der Waals surface area contributed by atoms with Gasteiger partial charge in [0.25, 0.3) is 0 Å². The normalized spacial score (nSPS) is 25.4. The lowest BCUT2D eigenvalue weighted by Crippen LogP contribution is -2.34. The van der Waals surface area contributed by atoms with Gasteiger partial charge in [0.2, 0.25) is 0 Å². The van der Waals surface area contributed by atoms with Crippen molar-refractivity contribution in [1.82, 2.24) is 9.88 Å². The first kappa shape index (κ1) is 12.9. The summed E-state index contributed by atoms with van der Waals surface area (Å²) in [6.07, 6.45) is 7.36. The van der Waals surface area contributed by atoms with Gasteiger partial charge in [-0.2, -0.15) is 0 Å². The third-order valence-corrected chi connectivity index (χ3v) is 4.87. The molecule has 1 aromatic carbocycles. The molecular formula is C17H16F2N2. The van der Waals surface area contributed by atoms with Crippen LogP contribution in [0.2, 0.25) is 0 Å². The van der Waals surface area contributed by atoms with Crippen molar-refractivity contribution in [3.8, 4) is 0 Å². The first-order chi connectivity index (χ1) is 10.1. The lowest BCUT2D eigenvalue weighted by Gasteiger charge is -2.30. The Morgan fingerprint density at radius 3 is 2.90 bits per heavy atom. The van der Waals surface area contributed by atoms with Gasteiger partial charge in [-0.05, 0) is 55.6 Å². The summed E-state index contributed by atoms with van der Waals surface area (Å²) in [5.41, 5.74) is 2.62. The Labute approximate surface area is 122 Å². The number of benzene rings is 1. The molecule has 2 nitrogen and oxygen atoms in total. The molecule has 3 heterocycles. The van der Waals surface area contributed by atoms with E-state index < -0.39 is 11.6 Å². The third kappa shape index (κ3) is 1.97. The summed E-state index contributed by atoms with van der Waals surface area (Å²) in [7, 11) is 2.16. The van der Waals surface area contributed by atoms with Crippen LogP contribution in [-0.2, 0) is 0 Å². The highest BCUT2D eigenvalue weighted by Gasteiger charge is 2.34. The van der Waals surface area contributed by atoms with E-state index in [0.29, 0.717) is 17.6 Å². The molecule has 4 heteroatoms. The predicted octanol–water partition coefficient (Wildman–Crippen LogP) is 3.76. The van der Waals surface area contributed by atoms with Gasteiger partial charge < -0.3 is 0 Å². The molecule has 1 saturated heterocycles. The van der Waals surface area contributed by atoms with E-state index in [0.717, 1.165) is 18.1 Å². The van der Waals surface area contributed by atoms with Crippen molar-refractivity contribution in [3.63, 3.8) is 0 Å². The second kappa shape index (κ2) is 4.60. The fourth-order valence-electron chi connectivity index (χ4n) is 3.57. The van der Waals surface area contributed by atoms with Crippen LogP contribution in [0.15, 0.2) is 30.5 Å². The number of rotatable bonds is 1. The van der Waals surface area contributed by atoms with Crippen molar-refractivity contribution in [2.45, 2.75) is 31.3 Å². The Morgan fingerprint density at radius 2 is 2.10 bits per heavy atom. The van der Waals surface area contributed by atoms with Crippen molar-refractivity contribution in [1.29, 1.82) is 0 Å². The minimum absolute atomic E-state index is 0.264. The predicted molar refractivity (Wildman–Crippen MR) is 78.8 cm³/mol. The molecule has 0 radical (unpaired) electrons. The van der Waals surface area contributed by atoms with Gasteiger partial charge in [0.05, 0.1) is 5.52 Å². The fourth-order valence-corrected chi connectivity index (χ4v) is 3.57. The van der Waals surface area contributed by atoms with E-state index in [-0.39, 0.29) is 5.39 Å². The SMILES string of the molecule is CN1C2C=C(c3cnc4ccc(F)c(F)c4c3)CC1CC2. The van der Waals surface area contributed by atoms with Gasteiger partial charge in [0, 0.05) is 23.7 Å². The third-order valence-electron chi connectivity index (χ3n) is 4.87. The fraction of sp³-hybridized carbons (Fsp3) is 0.353. The van der Waals surface area contributed by atoms with Crippen molar-refractivity contribution in [2.24, 2.45) is 0 Å². The van der Waals surface area contributed by atoms with Crippen LogP contribution < -0.4 is 0 Å². The molecule has 2 bridgehead atoms. The van der Waals surface area contributed by atoms with Gasteiger partial charge in [-0.15, -0.1) is 0 Å². The molecule has 0 amide bonds. The van der Waals surface area contributed by atoms with E-state index in [1.165, 1.54) is 24.5 Å². The maximum atomic E-state index is 13.9. The van der Waals surface area contributed by atoms with Gasteiger partial charge in [-0.1, -0.05) is 6.08 Å². The van der Waals surface area contributed by atoms with E-state index >= 15 is 0 Å². The number of pyridine rings is 1. The number of aromatic nitrogens is 1. The van der Waals surface area contributed by atoms with Crippen molar-refractivity contribution in [3.05, 3.63) is 47.7 Å². The number of nitrogens with zero attached hydrogens (tertiary/aromatic N) is 2. The Kier molecular flexibility index (Phi) is 2.82. The average Bonchev–Trinajstić information content (AvgIpc) is 2.73. The van der Waals surface area contributed by atoms with E-state index in [2.05, 4.69) is 23.0 Å². The minimum Gasteiger partial charge on any atom is -0.297 e. The highest BCUT2D eigenvalue weighted by Crippen LogP contribution is 2.37. The molecule has 2 aliphatic heterocycles. The molecule has 2 atom stereocenters. The van der Waals surface area contributed by atoms with Gasteiger partial charge in [0.1, 0.15) is 0 Å². The Morgan fingerprint density at radius 1 is 1.24 bits per heavy atom. The summed E-state index contributed by atoms with van der Waals surface area (Å²) in [4.78, 5) is 6.69. The molecular weight excluding hydrogens is 270 g/mol. The number of halogens is 2. The Balaban J connectivity index is 1.81. The molecule has 1 aromatic heterocycles. The van der Waals surface area contributed by atoms with Gasteiger partial charge in [0.15, 0.2) is 11.6 Å². The maximum Gasteiger partial charge on any atom is 0.168 e.